The molecular formula is C12H24NO2+. The molecule has 0 aliphatic heterocycles. The van der Waals surface area contributed by atoms with E-state index in [9.17, 15) is 4.79 Å². The van der Waals surface area contributed by atoms with E-state index in [2.05, 4.69) is 13.5 Å². The molecule has 0 spiro atoms. The number of hydroxylamine groups is 3. The molecule has 0 fully saturated rings. The minimum Gasteiger partial charge on any atom is -0.272 e. The highest BCUT2D eigenvalue weighted by atomic mass is 16.7. The van der Waals surface area contributed by atoms with Crippen LogP contribution in [0.5, 0.6) is 0 Å². The Morgan fingerprint density at radius 3 is 2.13 bits per heavy atom. The first-order chi connectivity index (χ1) is 7.01. The van der Waals surface area contributed by atoms with E-state index in [4.69, 9.17) is 4.84 Å². The second kappa shape index (κ2) is 6.62. The normalized spacial score (nSPS) is 11.2. The summed E-state index contributed by atoms with van der Waals surface area (Å²) in [5.74, 6) is -0.283. The second-order valence-corrected chi connectivity index (χ2v) is 3.93. The molecule has 0 atom stereocenters. The Kier molecular flexibility index (Phi) is 6.25. The van der Waals surface area contributed by atoms with Crippen molar-refractivity contribution in [1.29, 1.82) is 0 Å². The summed E-state index contributed by atoms with van der Waals surface area (Å²) in [6.45, 7) is 14.0. The molecule has 15 heavy (non-hydrogen) atoms. The van der Waals surface area contributed by atoms with Gasteiger partial charge in [0, 0.05) is 5.57 Å². The summed E-state index contributed by atoms with van der Waals surface area (Å²) in [7, 11) is 0. The average Bonchev–Trinajstić information content (AvgIpc) is 2.24. The van der Waals surface area contributed by atoms with Crippen LogP contribution in [-0.2, 0) is 9.63 Å². The third-order valence-electron chi connectivity index (χ3n) is 2.70. The van der Waals surface area contributed by atoms with Gasteiger partial charge < -0.3 is 0 Å². The predicted octanol–water partition coefficient (Wildman–Crippen LogP) is 2.68. The smallest absolute Gasteiger partial charge is 0.272 e. The first-order valence-electron chi connectivity index (χ1n) is 5.76. The van der Waals surface area contributed by atoms with Crippen molar-refractivity contribution in [2.45, 2.75) is 40.5 Å². The SMILES string of the molecule is C=C(C)C(=O)O[N+](CC)(CC)CCCC. The maximum Gasteiger partial charge on any atom is 0.392 e. The second-order valence-electron chi connectivity index (χ2n) is 3.93. The number of nitrogens with zero attached hydrogens (tertiary/aromatic N) is 1. The quantitative estimate of drug-likeness (QED) is 0.370. The Balaban J connectivity index is 4.48. The summed E-state index contributed by atoms with van der Waals surface area (Å²) in [4.78, 5) is 17.0. The molecule has 0 bridgehead atoms. The third kappa shape index (κ3) is 4.47. The van der Waals surface area contributed by atoms with Gasteiger partial charge in [-0.1, -0.05) is 19.9 Å². The van der Waals surface area contributed by atoms with Gasteiger partial charge in [-0.05, 0) is 27.2 Å². The first kappa shape index (κ1) is 14.2. The van der Waals surface area contributed by atoms with Gasteiger partial charge in [-0.2, -0.15) is 0 Å². The fourth-order valence-electron chi connectivity index (χ4n) is 1.41. The molecule has 88 valence electrons. The molecule has 3 nitrogen and oxygen atoms in total. The molecular weight excluding hydrogens is 190 g/mol. The fraction of sp³-hybridized carbons (Fsp3) is 0.750. The zero-order chi connectivity index (χ0) is 11.9. The Labute approximate surface area is 93.3 Å². The van der Waals surface area contributed by atoms with Crippen LogP contribution in [-0.4, -0.2) is 30.2 Å². The average molecular weight is 214 g/mol. The lowest BCUT2D eigenvalue weighted by Gasteiger charge is -2.32. The molecule has 0 radical (unpaired) electrons. The molecule has 0 amide bonds. The molecule has 0 N–H and O–H groups in total. The van der Waals surface area contributed by atoms with Gasteiger partial charge in [0.05, 0.1) is 0 Å². The lowest BCUT2D eigenvalue weighted by molar-refractivity contribution is -1.09. The Hall–Kier alpha value is -0.830. The molecule has 0 aliphatic carbocycles. The van der Waals surface area contributed by atoms with Crippen molar-refractivity contribution in [3.8, 4) is 0 Å². The Morgan fingerprint density at radius 2 is 1.80 bits per heavy atom. The number of hydrogen-bond donors (Lipinski definition) is 0. The van der Waals surface area contributed by atoms with Gasteiger partial charge in [0.1, 0.15) is 19.6 Å². The minimum atomic E-state index is -0.283. The molecule has 0 aliphatic rings. The standard InChI is InChI=1S/C12H24NO2/c1-6-9-10-13(7-2,8-3)15-12(14)11(4)5/h4,6-10H2,1-3,5H3/q+1. The van der Waals surface area contributed by atoms with Crippen molar-refractivity contribution >= 4 is 5.97 Å². The summed E-state index contributed by atoms with van der Waals surface area (Å²) in [5, 5.41) is 0. The molecule has 0 saturated carbocycles. The van der Waals surface area contributed by atoms with E-state index < -0.39 is 0 Å². The van der Waals surface area contributed by atoms with E-state index in [1.165, 1.54) is 0 Å². The van der Waals surface area contributed by atoms with E-state index in [0.29, 0.717) is 10.2 Å². The van der Waals surface area contributed by atoms with Crippen LogP contribution in [0.4, 0.5) is 0 Å². The van der Waals surface area contributed by atoms with Crippen LogP contribution >= 0.6 is 0 Å². The predicted molar refractivity (Wildman–Crippen MR) is 62.0 cm³/mol. The van der Waals surface area contributed by atoms with Crippen LogP contribution in [0.1, 0.15) is 40.5 Å². The lowest BCUT2D eigenvalue weighted by atomic mass is 10.3. The molecule has 0 saturated heterocycles. The van der Waals surface area contributed by atoms with Crippen molar-refractivity contribution in [2.24, 2.45) is 0 Å². The highest BCUT2D eigenvalue weighted by Gasteiger charge is 2.28. The molecule has 0 heterocycles. The van der Waals surface area contributed by atoms with E-state index in [-0.39, 0.29) is 5.97 Å². The van der Waals surface area contributed by atoms with Crippen molar-refractivity contribution in [3.05, 3.63) is 12.2 Å². The lowest BCUT2D eigenvalue weighted by Crippen LogP contribution is -2.49. The van der Waals surface area contributed by atoms with Crippen molar-refractivity contribution in [1.82, 2.24) is 0 Å². The van der Waals surface area contributed by atoms with E-state index in [0.717, 1.165) is 32.5 Å². The molecule has 0 aromatic heterocycles. The number of hydrogen-bond acceptors (Lipinski definition) is 2. The van der Waals surface area contributed by atoms with Gasteiger partial charge in [0.25, 0.3) is 0 Å². The summed E-state index contributed by atoms with van der Waals surface area (Å²) >= 11 is 0. The van der Waals surface area contributed by atoms with Gasteiger partial charge in [-0.25, -0.2) is 4.79 Å². The third-order valence-corrected chi connectivity index (χ3v) is 2.70. The fourth-order valence-corrected chi connectivity index (χ4v) is 1.41. The highest BCUT2D eigenvalue weighted by Crippen LogP contribution is 2.12. The van der Waals surface area contributed by atoms with Gasteiger partial charge in [0.15, 0.2) is 0 Å². The molecule has 3 heteroatoms. The zero-order valence-electron chi connectivity index (χ0n) is 10.5. The van der Waals surface area contributed by atoms with Crippen molar-refractivity contribution in [3.63, 3.8) is 0 Å². The van der Waals surface area contributed by atoms with Crippen molar-refractivity contribution < 1.29 is 14.3 Å². The minimum absolute atomic E-state index is 0.283. The maximum atomic E-state index is 11.5. The largest absolute Gasteiger partial charge is 0.392 e. The van der Waals surface area contributed by atoms with Gasteiger partial charge in [0.2, 0.25) is 0 Å². The van der Waals surface area contributed by atoms with Crippen LogP contribution in [0.2, 0.25) is 0 Å². The van der Waals surface area contributed by atoms with Crippen LogP contribution in [0.25, 0.3) is 0 Å². The number of unbranched alkanes of at least 4 members (excludes halogenated alkanes) is 1. The maximum absolute atomic E-state index is 11.5. The monoisotopic (exact) mass is 214 g/mol. The van der Waals surface area contributed by atoms with Gasteiger partial charge in [-0.3, -0.25) is 4.84 Å². The number of rotatable bonds is 7. The van der Waals surface area contributed by atoms with Gasteiger partial charge >= 0.3 is 5.97 Å². The number of carbonyl (C=O) groups excluding carboxylic acids is 1. The molecule has 0 rings (SSSR count). The summed E-state index contributed by atoms with van der Waals surface area (Å²) in [6, 6.07) is 0. The topological polar surface area (TPSA) is 26.3 Å². The summed E-state index contributed by atoms with van der Waals surface area (Å²) in [6.07, 6.45) is 2.19. The zero-order valence-corrected chi connectivity index (χ0v) is 10.5. The number of quaternary nitrogens is 1. The van der Waals surface area contributed by atoms with Gasteiger partial charge in [-0.15, -0.1) is 4.65 Å². The summed E-state index contributed by atoms with van der Waals surface area (Å²) < 4.78 is 0.416. The molecule has 0 aromatic rings. The highest BCUT2D eigenvalue weighted by molar-refractivity contribution is 5.86. The number of carbonyl (C=O) groups is 1. The van der Waals surface area contributed by atoms with Crippen molar-refractivity contribution in [2.75, 3.05) is 19.6 Å². The van der Waals surface area contributed by atoms with Crippen LogP contribution in [0.15, 0.2) is 12.2 Å². The Morgan fingerprint density at radius 1 is 1.27 bits per heavy atom. The van der Waals surface area contributed by atoms with Crippen LogP contribution in [0, 0.1) is 0 Å². The molecule has 0 unspecified atom stereocenters. The van der Waals surface area contributed by atoms with Crippen LogP contribution < -0.4 is 0 Å². The Bertz CT molecular complexity index is 220. The first-order valence-corrected chi connectivity index (χ1v) is 5.76. The summed E-state index contributed by atoms with van der Waals surface area (Å²) in [5.41, 5.74) is 0.468. The van der Waals surface area contributed by atoms with Crippen LogP contribution in [0.3, 0.4) is 0 Å². The molecule has 0 aromatic carbocycles. The van der Waals surface area contributed by atoms with E-state index >= 15 is 0 Å². The van der Waals surface area contributed by atoms with E-state index in [1.807, 2.05) is 13.8 Å². The van der Waals surface area contributed by atoms with E-state index in [1.54, 1.807) is 6.92 Å².